The molecule has 28 heavy (non-hydrogen) atoms. The molecule has 0 spiro atoms. The van der Waals surface area contributed by atoms with Crippen LogP contribution in [-0.4, -0.2) is 63.4 Å². The summed E-state index contributed by atoms with van der Waals surface area (Å²) in [7, 11) is -9.89. The molecule has 0 radical (unpaired) electrons. The first-order chi connectivity index (χ1) is 11.7. The van der Waals surface area contributed by atoms with Crippen LogP contribution in [0, 0.1) is 20.5 Å². The van der Waals surface area contributed by atoms with Gasteiger partial charge in [0.2, 0.25) is 0 Å². The van der Waals surface area contributed by atoms with Gasteiger partial charge in [-0.25, -0.2) is 37.3 Å². The molecule has 174 valence electrons. The fraction of sp³-hybridized carbons (Fsp3) is 1.00. The second-order valence-corrected chi connectivity index (χ2v) is 7.13. The predicted molar refractivity (Wildman–Crippen MR) is 70.6 cm³/mol. The third-order valence-electron chi connectivity index (χ3n) is 2.72. The summed E-state index contributed by atoms with van der Waals surface area (Å²) in [5, 5.41) is 13.6. The van der Waals surface area contributed by atoms with E-state index >= 15 is 0 Å². The van der Waals surface area contributed by atoms with E-state index in [2.05, 4.69) is 28.2 Å². The van der Waals surface area contributed by atoms with Crippen LogP contribution >= 0.6 is 0 Å². The van der Waals surface area contributed by atoms with Crippen molar-refractivity contribution in [3.8, 4) is 0 Å². The third-order valence-corrected chi connectivity index (χ3v) is 2.72. The van der Waals surface area contributed by atoms with Crippen LogP contribution in [0.1, 0.15) is 13.3 Å². The van der Waals surface area contributed by atoms with Crippen LogP contribution in [0.5, 0.6) is 0 Å². The molecule has 0 aromatic rings. The molecule has 0 atom stereocenters. The van der Waals surface area contributed by atoms with Crippen LogP contribution in [0.15, 0.2) is 0 Å². The van der Waals surface area contributed by atoms with Crippen LogP contribution in [0.2, 0.25) is 0 Å². The van der Waals surface area contributed by atoms with Gasteiger partial charge in [-0.15, -0.1) is 20.5 Å². The van der Waals surface area contributed by atoms with Crippen molar-refractivity contribution in [1.82, 2.24) is 21.3 Å². The molecule has 1 saturated heterocycles. The largest absolute Gasteiger partial charge is 3.00 e. The van der Waals surface area contributed by atoms with E-state index < -0.39 is 20.5 Å². The molecule has 0 aromatic heterocycles. The Balaban J connectivity index is -0.000000202. The molecule has 1 aliphatic rings. The van der Waals surface area contributed by atoms with Crippen molar-refractivity contribution in [1.29, 1.82) is 0 Å². The maximum absolute atomic E-state index is 8.49. The second kappa shape index (κ2) is 19.5. The first-order valence-corrected chi connectivity index (χ1v) is 10.0. The minimum atomic E-state index is -4.94. The first-order valence-electron chi connectivity index (χ1n) is 7.56. The second-order valence-electron chi connectivity index (χ2n) is 5.62. The Morgan fingerprint density at radius 3 is 1.18 bits per heavy atom. The minimum absolute atomic E-state index is 0. The van der Waals surface area contributed by atoms with Crippen LogP contribution in [0.4, 0.5) is 0 Å². The minimum Gasteiger partial charge on any atom is -0.870 e. The van der Waals surface area contributed by atoms with Crippen molar-refractivity contribution in [3.63, 3.8) is 0 Å². The van der Waals surface area contributed by atoms with Gasteiger partial charge in [-0.05, 0) is 26.4 Å². The first kappa shape index (κ1) is 35.9. The van der Waals surface area contributed by atoms with Gasteiger partial charge in [0.15, 0.2) is 0 Å². The smallest absolute Gasteiger partial charge is 0.870 e. The Kier molecular flexibility index (Phi) is 25.0. The van der Waals surface area contributed by atoms with E-state index in [1.807, 2.05) is 0 Å². The summed E-state index contributed by atoms with van der Waals surface area (Å²) in [6.45, 7) is 9.97. The normalized spacial score (nSPS) is 19.1. The number of hydrogen-bond donors (Lipinski definition) is 5. The molecule has 17 heteroatoms. The van der Waals surface area contributed by atoms with Gasteiger partial charge < -0.3 is 32.5 Å². The van der Waals surface area contributed by atoms with Crippen LogP contribution in [0.3, 0.4) is 0 Å². The summed E-state index contributed by atoms with van der Waals surface area (Å²) in [4.78, 5) is 0. The predicted octanol–water partition coefficient (Wildman–Crippen LogP) is -11.2. The number of halogens is 2. The zero-order valence-corrected chi connectivity index (χ0v) is 17.8. The zero-order chi connectivity index (χ0) is 20.7. The Labute approximate surface area is 178 Å². The van der Waals surface area contributed by atoms with E-state index in [0.29, 0.717) is 0 Å². The fourth-order valence-corrected chi connectivity index (χ4v) is 1.75. The SMILES string of the molecule is CC1(N)CNCCNCCCNCCNC1.[Co+3].[O-][Cl+3]([O-])([O-])[O-].[O-][Cl+3]([O-])([O-])[O-].[OH-]. The average molecular weight is 504 g/mol. The molecular weight excluding hydrogens is 476 g/mol. The topological polar surface area (TPSA) is 289 Å². The van der Waals surface area contributed by atoms with E-state index in [1.165, 1.54) is 6.42 Å². The molecule has 14 nitrogen and oxygen atoms in total. The van der Waals surface area contributed by atoms with Gasteiger partial charge >= 0.3 is 16.8 Å². The summed E-state index contributed by atoms with van der Waals surface area (Å²) in [5.41, 5.74) is 6.00. The Bertz CT molecular complexity index is 299. The van der Waals surface area contributed by atoms with Crippen LogP contribution in [0.25, 0.3) is 0 Å². The average Bonchev–Trinajstić information content (AvgIpc) is 2.39. The number of hydrogen-bond acceptors (Lipinski definition) is 14. The molecule has 7 N–H and O–H groups in total. The molecule has 0 saturated carbocycles. The van der Waals surface area contributed by atoms with Gasteiger partial charge in [-0.3, -0.25) is 0 Å². The summed E-state index contributed by atoms with van der Waals surface area (Å²) >= 11 is 0. The van der Waals surface area contributed by atoms with Crippen molar-refractivity contribution in [2.24, 2.45) is 5.73 Å². The van der Waals surface area contributed by atoms with Crippen molar-refractivity contribution in [2.75, 3.05) is 52.4 Å². The van der Waals surface area contributed by atoms with E-state index in [-0.39, 0.29) is 27.8 Å². The maximum Gasteiger partial charge on any atom is 3.00 e. The Hall–Kier alpha value is 0.526. The summed E-state index contributed by atoms with van der Waals surface area (Å²) in [6.07, 6.45) is 1.19. The van der Waals surface area contributed by atoms with E-state index in [0.717, 1.165) is 52.4 Å². The summed E-state index contributed by atoms with van der Waals surface area (Å²) in [5.74, 6) is 0. The zero-order valence-electron chi connectivity index (χ0n) is 15.2. The summed E-state index contributed by atoms with van der Waals surface area (Å²) in [6, 6.07) is 0. The Morgan fingerprint density at radius 2 is 0.893 bits per heavy atom. The number of nitrogens with two attached hydrogens (primary N) is 1. The quantitative estimate of drug-likeness (QED) is 0.205. The Morgan fingerprint density at radius 1 is 0.643 bits per heavy atom. The van der Waals surface area contributed by atoms with E-state index in [9.17, 15) is 0 Å². The third kappa shape index (κ3) is 50.4. The van der Waals surface area contributed by atoms with Gasteiger partial charge in [0.1, 0.15) is 0 Å². The van der Waals surface area contributed by atoms with Crippen molar-refractivity contribution in [3.05, 3.63) is 0 Å². The van der Waals surface area contributed by atoms with Gasteiger partial charge in [-0.1, -0.05) is 0 Å². The molecule has 0 aromatic carbocycles. The molecule has 1 fully saturated rings. The standard InChI is InChI=1S/C11H27N5.2ClHO4.Co.H2O/c1-11(12)9-15-7-5-13-3-2-4-14-6-8-16-10-11;2*2-1(3,4)5;;/h13-16H,2-10,12H2,1H3;2*(H,2,3,4,5);;1H2/q;;;+3;/p-3. The monoisotopic (exact) mass is 503 g/mol. The van der Waals surface area contributed by atoms with Crippen molar-refractivity contribution < 1.29 is 80.0 Å². The van der Waals surface area contributed by atoms with Gasteiger partial charge in [0.05, 0.1) is 0 Å². The molecular formula is C11H28Cl2CoN5O9. The van der Waals surface area contributed by atoms with Crippen molar-refractivity contribution >= 4 is 0 Å². The fourth-order valence-electron chi connectivity index (χ4n) is 1.75. The van der Waals surface area contributed by atoms with E-state index in [1.54, 1.807) is 0 Å². The molecule has 0 amide bonds. The maximum atomic E-state index is 8.49. The van der Waals surface area contributed by atoms with Gasteiger partial charge in [-0.2, -0.15) is 0 Å². The molecule has 0 aliphatic carbocycles. The van der Waals surface area contributed by atoms with Crippen LogP contribution < -0.4 is 64.3 Å². The van der Waals surface area contributed by atoms with E-state index in [4.69, 9.17) is 43.0 Å². The molecule has 1 heterocycles. The molecule has 1 aliphatic heterocycles. The number of rotatable bonds is 0. The number of nitrogens with one attached hydrogen (secondary N) is 4. The van der Waals surface area contributed by atoms with Gasteiger partial charge in [0, 0.05) is 44.8 Å². The molecule has 0 unspecified atom stereocenters. The molecule has 1 rings (SSSR count). The summed E-state index contributed by atoms with van der Waals surface area (Å²) < 4.78 is 67.9. The molecule has 0 bridgehead atoms. The van der Waals surface area contributed by atoms with Crippen LogP contribution in [-0.2, 0) is 16.8 Å². The van der Waals surface area contributed by atoms with Crippen molar-refractivity contribution in [2.45, 2.75) is 18.9 Å². The van der Waals surface area contributed by atoms with Gasteiger partial charge in [0.25, 0.3) is 0 Å².